The Morgan fingerprint density at radius 3 is 2.44 bits per heavy atom. The van der Waals surface area contributed by atoms with Gasteiger partial charge in [-0.1, -0.05) is 19.1 Å². The molecule has 0 aliphatic carbocycles. The number of benzene rings is 1. The van der Waals surface area contributed by atoms with Crippen LogP contribution in [-0.4, -0.2) is 48.7 Å². The summed E-state index contributed by atoms with van der Waals surface area (Å²) in [4.78, 5) is 18.7. The van der Waals surface area contributed by atoms with Crippen molar-refractivity contribution in [2.75, 3.05) is 29.0 Å². The van der Waals surface area contributed by atoms with Crippen molar-refractivity contribution in [1.82, 2.24) is 29.7 Å². The van der Waals surface area contributed by atoms with E-state index in [4.69, 9.17) is 5.73 Å². The molecule has 1 aliphatic heterocycles. The van der Waals surface area contributed by atoms with Gasteiger partial charge in [0, 0.05) is 48.7 Å². The number of rotatable bonds is 5. The highest BCUT2D eigenvalue weighted by Gasteiger charge is 2.45. The fourth-order valence-corrected chi connectivity index (χ4v) is 3.82. The molecule has 174 valence electrons. The number of alkyl halides is 2. The number of hydrogen-bond donors (Lipinski definition) is 2. The van der Waals surface area contributed by atoms with Crippen molar-refractivity contribution < 1.29 is 8.78 Å². The average Bonchev–Trinajstić information content (AvgIpc) is 3.32. The van der Waals surface area contributed by atoms with Crippen molar-refractivity contribution in [2.45, 2.75) is 12.8 Å². The van der Waals surface area contributed by atoms with Crippen LogP contribution in [0.25, 0.3) is 22.6 Å². The van der Waals surface area contributed by atoms with Gasteiger partial charge in [0.15, 0.2) is 5.82 Å². The van der Waals surface area contributed by atoms with Crippen LogP contribution in [-0.2, 0) is 7.05 Å². The summed E-state index contributed by atoms with van der Waals surface area (Å²) in [6.45, 7) is 1.51. The van der Waals surface area contributed by atoms with E-state index in [1.54, 1.807) is 54.1 Å². The maximum absolute atomic E-state index is 13.9. The summed E-state index contributed by atoms with van der Waals surface area (Å²) < 4.78 is 29.3. The van der Waals surface area contributed by atoms with Gasteiger partial charge in [-0.25, -0.2) is 28.4 Å². The van der Waals surface area contributed by atoms with Crippen molar-refractivity contribution in [3.8, 4) is 22.6 Å². The summed E-state index contributed by atoms with van der Waals surface area (Å²) in [5.74, 6) is -1.63. The van der Waals surface area contributed by atoms with Crippen LogP contribution in [0.4, 0.5) is 32.2 Å². The van der Waals surface area contributed by atoms with E-state index in [-0.39, 0.29) is 19.0 Å². The zero-order chi connectivity index (χ0) is 23.9. The van der Waals surface area contributed by atoms with E-state index in [9.17, 15) is 8.78 Å². The predicted octanol–water partition coefficient (Wildman–Crippen LogP) is 3.75. The lowest BCUT2D eigenvalue weighted by molar-refractivity contribution is -0.0138. The van der Waals surface area contributed by atoms with E-state index in [2.05, 4.69) is 30.4 Å². The van der Waals surface area contributed by atoms with Crippen LogP contribution in [0.1, 0.15) is 6.92 Å². The quantitative estimate of drug-likeness (QED) is 0.460. The third kappa shape index (κ3) is 4.24. The molecule has 11 heteroatoms. The highest BCUT2D eigenvalue weighted by Crippen LogP contribution is 2.35. The van der Waals surface area contributed by atoms with E-state index in [0.29, 0.717) is 23.2 Å². The number of halogens is 2. The van der Waals surface area contributed by atoms with Gasteiger partial charge < -0.3 is 16.0 Å². The fraction of sp³-hybridized carbons (Fsp3) is 0.261. The minimum atomic E-state index is -2.70. The molecule has 4 heterocycles. The Hall–Kier alpha value is -4.15. The first-order valence-electron chi connectivity index (χ1n) is 10.7. The summed E-state index contributed by atoms with van der Waals surface area (Å²) >= 11 is 0. The van der Waals surface area contributed by atoms with Crippen LogP contribution < -0.4 is 16.0 Å². The van der Waals surface area contributed by atoms with Gasteiger partial charge in [-0.2, -0.15) is 4.98 Å². The van der Waals surface area contributed by atoms with Crippen LogP contribution in [0.3, 0.4) is 0 Å². The molecule has 0 bridgehead atoms. The van der Waals surface area contributed by atoms with Gasteiger partial charge in [-0.15, -0.1) is 5.10 Å². The summed E-state index contributed by atoms with van der Waals surface area (Å²) in [6.07, 6.45) is 3.23. The lowest BCUT2D eigenvalue weighted by Gasteiger charge is -2.16. The Morgan fingerprint density at radius 2 is 1.79 bits per heavy atom. The van der Waals surface area contributed by atoms with Gasteiger partial charge >= 0.3 is 0 Å². The van der Waals surface area contributed by atoms with Crippen molar-refractivity contribution >= 4 is 23.4 Å². The van der Waals surface area contributed by atoms with E-state index < -0.39 is 11.8 Å². The number of nitrogens with two attached hydrogens (primary N) is 1. The highest BCUT2D eigenvalue weighted by atomic mass is 19.3. The summed E-state index contributed by atoms with van der Waals surface area (Å²) in [6, 6.07) is 13.0. The van der Waals surface area contributed by atoms with Crippen molar-refractivity contribution in [3.63, 3.8) is 0 Å². The molecular weight excluding hydrogens is 440 g/mol. The van der Waals surface area contributed by atoms with Gasteiger partial charge in [0.05, 0.1) is 12.2 Å². The van der Waals surface area contributed by atoms with Gasteiger partial charge in [0.1, 0.15) is 5.82 Å². The topological polar surface area (TPSA) is 111 Å². The van der Waals surface area contributed by atoms with Crippen molar-refractivity contribution in [2.24, 2.45) is 13.0 Å². The summed E-state index contributed by atoms with van der Waals surface area (Å²) in [7, 11) is 1.78. The first-order valence-corrected chi connectivity index (χ1v) is 10.7. The number of nitrogens with zero attached hydrogens (tertiary/aromatic N) is 7. The van der Waals surface area contributed by atoms with Crippen LogP contribution >= 0.6 is 0 Å². The third-order valence-corrected chi connectivity index (χ3v) is 5.82. The van der Waals surface area contributed by atoms with E-state index in [1.165, 1.54) is 0 Å². The Morgan fingerprint density at radius 1 is 1.03 bits per heavy atom. The molecule has 3 N–H and O–H groups in total. The molecule has 1 saturated heterocycles. The van der Waals surface area contributed by atoms with Crippen molar-refractivity contribution in [3.05, 3.63) is 54.9 Å². The van der Waals surface area contributed by atoms with Gasteiger partial charge in [0.25, 0.3) is 5.92 Å². The molecule has 1 unspecified atom stereocenters. The number of nitrogens with one attached hydrogen (secondary N) is 1. The van der Waals surface area contributed by atoms with E-state index in [1.807, 2.05) is 24.3 Å². The molecule has 0 amide bonds. The number of aryl methyl sites for hydroxylation is 1. The first-order chi connectivity index (χ1) is 16.3. The monoisotopic (exact) mass is 463 g/mol. The maximum Gasteiger partial charge on any atom is 0.269 e. The predicted molar refractivity (Wildman–Crippen MR) is 126 cm³/mol. The molecule has 34 heavy (non-hydrogen) atoms. The standard InChI is InChI=1S/C23H23F2N9/c1-14-12-34(13-23(14,24)25)19-8-5-16(11-28-19)20-31-22(33(2)32-20)29-17-6-3-15(4-7-17)18-9-10-27-21(26)30-18/h3-11,14H,12-13H2,1-2H3,(H2,26,27,30)(H,29,31,32). The van der Waals surface area contributed by atoms with Gasteiger partial charge in [-0.3, -0.25) is 0 Å². The summed E-state index contributed by atoms with van der Waals surface area (Å²) in [5.41, 5.74) is 8.83. The second-order valence-corrected chi connectivity index (χ2v) is 8.33. The highest BCUT2D eigenvalue weighted by molar-refractivity contribution is 5.66. The SMILES string of the molecule is CC1CN(c2ccc(-c3nc(Nc4ccc(-c5ccnc(N)n5)cc4)n(C)n3)cn2)CC1(F)F. The fourth-order valence-electron chi connectivity index (χ4n) is 3.82. The molecular formula is C23H23F2N9. The van der Waals surface area contributed by atoms with Crippen LogP contribution in [0.15, 0.2) is 54.9 Å². The number of anilines is 4. The largest absolute Gasteiger partial charge is 0.368 e. The van der Waals surface area contributed by atoms with E-state index >= 15 is 0 Å². The van der Waals surface area contributed by atoms with Gasteiger partial charge in [0.2, 0.25) is 11.9 Å². The van der Waals surface area contributed by atoms with Crippen LogP contribution in [0.2, 0.25) is 0 Å². The number of nitrogen functional groups attached to an aromatic ring is 1. The van der Waals surface area contributed by atoms with Gasteiger partial charge in [-0.05, 0) is 30.3 Å². The van der Waals surface area contributed by atoms with E-state index in [0.717, 1.165) is 16.9 Å². The maximum atomic E-state index is 13.9. The Bertz CT molecular complexity index is 1300. The Balaban J connectivity index is 1.30. The number of hydrogen-bond acceptors (Lipinski definition) is 8. The minimum Gasteiger partial charge on any atom is -0.368 e. The summed E-state index contributed by atoms with van der Waals surface area (Å²) in [5, 5.41) is 7.70. The molecule has 0 spiro atoms. The minimum absolute atomic E-state index is 0.224. The van der Waals surface area contributed by atoms with Crippen molar-refractivity contribution in [1.29, 1.82) is 0 Å². The first kappa shape index (κ1) is 21.7. The molecule has 4 aromatic rings. The van der Waals surface area contributed by atoms with Crippen LogP contribution in [0, 0.1) is 5.92 Å². The molecule has 0 saturated carbocycles. The average molecular weight is 463 g/mol. The Kier molecular flexibility index (Phi) is 5.31. The normalized spacial score (nSPS) is 17.2. The molecule has 5 rings (SSSR count). The second kappa shape index (κ2) is 8.32. The van der Waals surface area contributed by atoms with Crippen LogP contribution in [0.5, 0.6) is 0 Å². The second-order valence-electron chi connectivity index (χ2n) is 8.33. The lowest BCUT2D eigenvalue weighted by Crippen LogP contribution is -2.26. The lowest BCUT2D eigenvalue weighted by atomic mass is 10.1. The molecule has 1 atom stereocenters. The molecule has 1 aromatic carbocycles. The zero-order valence-electron chi connectivity index (χ0n) is 18.7. The molecule has 1 aliphatic rings. The molecule has 3 aromatic heterocycles. The molecule has 1 fully saturated rings. The zero-order valence-corrected chi connectivity index (χ0v) is 18.7. The number of aromatic nitrogens is 6. The number of pyridine rings is 1. The molecule has 0 radical (unpaired) electrons. The smallest absolute Gasteiger partial charge is 0.269 e. The Labute approximate surface area is 194 Å². The third-order valence-electron chi connectivity index (χ3n) is 5.82. The molecule has 9 nitrogen and oxygen atoms in total.